The minimum atomic E-state index is -3.30. The van der Waals surface area contributed by atoms with Gasteiger partial charge in [0.05, 0.1) is 16.6 Å². The third-order valence-corrected chi connectivity index (χ3v) is 4.27. The van der Waals surface area contributed by atoms with E-state index in [-0.39, 0.29) is 10.0 Å². The molecular formula is C16H13BrClF3N2O. The first-order valence-electron chi connectivity index (χ1n) is 6.86. The summed E-state index contributed by atoms with van der Waals surface area (Å²) >= 11 is 8.47. The summed E-state index contributed by atoms with van der Waals surface area (Å²) in [7, 11) is 0. The lowest BCUT2D eigenvalue weighted by Crippen LogP contribution is -2.36. The summed E-state index contributed by atoms with van der Waals surface area (Å²) in [6, 6.07) is 4.51. The number of carbonyl (C=O) groups excluding carboxylic acids is 1. The molecule has 8 heteroatoms. The van der Waals surface area contributed by atoms with Crippen LogP contribution in [0.4, 0.5) is 13.2 Å². The third-order valence-electron chi connectivity index (χ3n) is 3.40. The molecule has 3 nitrogen and oxygen atoms in total. The summed E-state index contributed by atoms with van der Waals surface area (Å²) in [5.74, 6) is -5.38. The Hall–Kier alpha value is -1.60. The van der Waals surface area contributed by atoms with Crippen molar-refractivity contribution in [1.29, 1.82) is 0 Å². The van der Waals surface area contributed by atoms with Gasteiger partial charge in [0, 0.05) is 11.8 Å². The number of carbonyl (C=O) groups is 1. The number of amides is 1. The van der Waals surface area contributed by atoms with E-state index in [2.05, 4.69) is 20.9 Å². The molecule has 1 amide bonds. The molecule has 1 N–H and O–H groups in total. The number of hydrogen-bond donors (Lipinski definition) is 1. The van der Waals surface area contributed by atoms with Crippen molar-refractivity contribution in [2.45, 2.75) is 19.8 Å². The monoisotopic (exact) mass is 420 g/mol. The average Bonchev–Trinajstić information content (AvgIpc) is 2.49. The van der Waals surface area contributed by atoms with Gasteiger partial charge in [0.25, 0.3) is 11.8 Å². The van der Waals surface area contributed by atoms with Gasteiger partial charge in [0.2, 0.25) is 0 Å². The van der Waals surface area contributed by atoms with E-state index < -0.39 is 34.9 Å². The normalized spacial score (nSPS) is 11.5. The molecule has 0 fully saturated rings. The van der Waals surface area contributed by atoms with Crippen LogP contribution < -0.4 is 5.32 Å². The Kier molecular flexibility index (Phi) is 5.55. The second-order valence-electron chi connectivity index (χ2n) is 5.29. The Morgan fingerprint density at radius 3 is 2.67 bits per heavy atom. The second kappa shape index (κ2) is 7.11. The second-order valence-corrected chi connectivity index (χ2v) is 6.50. The summed E-state index contributed by atoms with van der Waals surface area (Å²) in [6.07, 6.45) is 1.13. The third kappa shape index (κ3) is 3.89. The molecule has 2 aromatic rings. The van der Waals surface area contributed by atoms with Crippen molar-refractivity contribution < 1.29 is 18.0 Å². The van der Waals surface area contributed by atoms with E-state index in [0.717, 1.165) is 11.8 Å². The van der Waals surface area contributed by atoms with Gasteiger partial charge in [-0.1, -0.05) is 35.4 Å². The molecular weight excluding hydrogens is 409 g/mol. The van der Waals surface area contributed by atoms with E-state index in [1.54, 1.807) is 26.0 Å². The van der Waals surface area contributed by atoms with Crippen molar-refractivity contribution in [3.05, 3.63) is 62.1 Å². The van der Waals surface area contributed by atoms with E-state index in [4.69, 9.17) is 11.6 Å². The smallest absolute Gasteiger partial charge is 0.290 e. The molecule has 128 valence electrons. The van der Waals surface area contributed by atoms with Gasteiger partial charge >= 0.3 is 0 Å². The van der Waals surface area contributed by atoms with E-state index in [1.165, 1.54) is 6.07 Å². The van der Waals surface area contributed by atoms with E-state index in [9.17, 15) is 18.0 Å². The van der Waals surface area contributed by atoms with Crippen LogP contribution in [0, 0.1) is 19.7 Å². The molecule has 0 unspecified atom stereocenters. The Bertz CT molecular complexity index is 799. The number of pyridine rings is 1. The largest absolute Gasteiger partial charge is 0.345 e. The fourth-order valence-corrected chi connectivity index (χ4v) is 2.85. The van der Waals surface area contributed by atoms with E-state index in [0.29, 0.717) is 5.56 Å². The van der Waals surface area contributed by atoms with Gasteiger partial charge in [-0.3, -0.25) is 4.79 Å². The zero-order valence-electron chi connectivity index (χ0n) is 12.8. The predicted octanol–water partition coefficient (Wildman–Crippen LogP) is 4.78. The number of nitrogens with zero attached hydrogens (tertiary/aromatic N) is 1. The maximum absolute atomic E-state index is 14.3. The van der Waals surface area contributed by atoms with E-state index >= 15 is 0 Å². The number of alkyl halides is 2. The molecule has 1 heterocycles. The van der Waals surface area contributed by atoms with Crippen LogP contribution in [-0.2, 0) is 5.92 Å². The number of halogens is 5. The Balaban J connectivity index is 2.21. The lowest BCUT2D eigenvalue weighted by Gasteiger charge is -2.20. The Morgan fingerprint density at radius 1 is 1.38 bits per heavy atom. The molecule has 1 aromatic heterocycles. The lowest BCUT2D eigenvalue weighted by molar-refractivity contribution is -0.00312. The first-order valence-corrected chi connectivity index (χ1v) is 8.04. The molecule has 0 saturated carbocycles. The van der Waals surface area contributed by atoms with Crippen LogP contribution >= 0.6 is 27.5 Å². The van der Waals surface area contributed by atoms with Gasteiger partial charge in [-0.05, 0) is 35.3 Å². The molecule has 0 bridgehead atoms. The molecule has 0 aliphatic heterocycles. The van der Waals surface area contributed by atoms with Crippen LogP contribution in [0.25, 0.3) is 0 Å². The highest BCUT2D eigenvalue weighted by atomic mass is 79.9. The molecule has 0 atom stereocenters. The number of benzene rings is 1. The van der Waals surface area contributed by atoms with Crippen LogP contribution in [-0.4, -0.2) is 17.4 Å². The van der Waals surface area contributed by atoms with Crippen molar-refractivity contribution in [1.82, 2.24) is 10.3 Å². The number of rotatable bonds is 4. The van der Waals surface area contributed by atoms with Crippen LogP contribution in [0.15, 0.2) is 28.9 Å². The molecule has 0 radical (unpaired) electrons. The highest BCUT2D eigenvalue weighted by Crippen LogP contribution is 2.31. The summed E-state index contributed by atoms with van der Waals surface area (Å²) in [6.45, 7) is 2.39. The van der Waals surface area contributed by atoms with Gasteiger partial charge in [0.15, 0.2) is 11.0 Å². The maximum atomic E-state index is 14.3. The zero-order chi connectivity index (χ0) is 18.1. The van der Waals surface area contributed by atoms with Gasteiger partial charge < -0.3 is 5.32 Å². The molecule has 1 aromatic carbocycles. The number of aryl methyl sites for hydroxylation is 2. The summed E-state index contributed by atoms with van der Waals surface area (Å²) in [4.78, 5) is 15.6. The number of hydrogen-bond acceptors (Lipinski definition) is 2. The molecule has 0 aliphatic carbocycles. The summed E-state index contributed by atoms with van der Waals surface area (Å²) < 4.78 is 42.6. The quantitative estimate of drug-likeness (QED) is 0.722. The minimum Gasteiger partial charge on any atom is -0.345 e. The highest BCUT2D eigenvalue weighted by molar-refractivity contribution is 9.10. The maximum Gasteiger partial charge on any atom is 0.290 e. The summed E-state index contributed by atoms with van der Waals surface area (Å²) in [5.41, 5.74) is 0.606. The fourth-order valence-electron chi connectivity index (χ4n) is 2.25. The van der Waals surface area contributed by atoms with Gasteiger partial charge in [-0.25, -0.2) is 9.37 Å². The Morgan fingerprint density at radius 2 is 2.04 bits per heavy atom. The lowest BCUT2D eigenvalue weighted by atomic mass is 10.00. The fraction of sp³-hybridized carbons (Fsp3) is 0.250. The summed E-state index contributed by atoms with van der Waals surface area (Å²) in [5, 5.41) is 1.53. The average molecular weight is 422 g/mol. The molecule has 2 rings (SSSR count). The molecule has 0 spiro atoms. The van der Waals surface area contributed by atoms with E-state index in [1.807, 2.05) is 5.32 Å². The molecule has 0 saturated heterocycles. The topological polar surface area (TPSA) is 42.0 Å². The van der Waals surface area contributed by atoms with Crippen molar-refractivity contribution in [3.63, 3.8) is 0 Å². The first kappa shape index (κ1) is 18.7. The van der Waals surface area contributed by atoms with Crippen molar-refractivity contribution in [2.75, 3.05) is 6.54 Å². The zero-order valence-corrected chi connectivity index (χ0v) is 15.1. The van der Waals surface area contributed by atoms with Gasteiger partial charge in [-0.15, -0.1) is 0 Å². The number of nitrogens with one attached hydrogen (secondary N) is 1. The minimum absolute atomic E-state index is 0.0248. The van der Waals surface area contributed by atoms with Crippen LogP contribution in [0.2, 0.25) is 5.15 Å². The van der Waals surface area contributed by atoms with Crippen molar-refractivity contribution in [2.24, 2.45) is 0 Å². The van der Waals surface area contributed by atoms with Crippen LogP contribution in [0.1, 0.15) is 27.0 Å². The molecule has 24 heavy (non-hydrogen) atoms. The van der Waals surface area contributed by atoms with Gasteiger partial charge in [0.1, 0.15) is 0 Å². The predicted molar refractivity (Wildman–Crippen MR) is 89.0 cm³/mol. The number of aromatic nitrogens is 1. The highest BCUT2D eigenvalue weighted by Gasteiger charge is 2.34. The van der Waals surface area contributed by atoms with Crippen LogP contribution in [0.3, 0.4) is 0 Å². The van der Waals surface area contributed by atoms with Crippen LogP contribution in [0.5, 0.6) is 0 Å². The van der Waals surface area contributed by atoms with Crippen molar-refractivity contribution >= 4 is 33.4 Å². The SMILES string of the molecule is Cc1ccc(C(F)(F)CNC(=O)c2c(Br)cnc(Cl)c2F)c(C)c1. The standard InChI is InChI=1S/C16H13BrClF3N2O/c1-8-3-4-10(9(2)5-8)16(20,21)7-23-15(24)12-11(17)6-22-14(18)13(12)19/h3-6H,7H2,1-2H3,(H,23,24). The van der Waals surface area contributed by atoms with Crippen molar-refractivity contribution in [3.8, 4) is 0 Å². The first-order chi connectivity index (χ1) is 11.1. The Labute approximate surface area is 150 Å². The van der Waals surface area contributed by atoms with Gasteiger partial charge in [-0.2, -0.15) is 8.78 Å². The molecule has 0 aliphatic rings.